The van der Waals surface area contributed by atoms with Crippen molar-refractivity contribution >= 4 is 11.3 Å². The average Bonchev–Trinajstić information content (AvgIpc) is 2.84. The van der Waals surface area contributed by atoms with E-state index in [4.69, 9.17) is 4.74 Å². The minimum Gasteiger partial charge on any atom is -0.497 e. The van der Waals surface area contributed by atoms with Gasteiger partial charge in [0.05, 0.1) is 13.2 Å². The number of aliphatic hydroxyl groups excluding tert-OH is 1. The van der Waals surface area contributed by atoms with Crippen molar-refractivity contribution in [3.8, 4) is 5.75 Å². The summed E-state index contributed by atoms with van der Waals surface area (Å²) in [5, 5.41) is 11.8. The molecule has 21 heavy (non-hydrogen) atoms. The lowest BCUT2D eigenvalue weighted by atomic mass is 10.2. The number of hydrogen-bond donors (Lipinski definition) is 1. The van der Waals surface area contributed by atoms with Crippen LogP contribution in [0.3, 0.4) is 0 Å². The van der Waals surface area contributed by atoms with Gasteiger partial charge in [-0.2, -0.15) is 0 Å². The standard InChI is InChI=1S/C17H23NO2S/c1-13-8-9-21-17(13)12-18(10-14(2)19)11-15-4-6-16(20-3)7-5-15/h4-9,14,19H,10-12H2,1-3H3. The highest BCUT2D eigenvalue weighted by Crippen LogP contribution is 2.20. The number of aliphatic hydroxyl groups is 1. The van der Waals surface area contributed by atoms with E-state index in [1.54, 1.807) is 18.4 Å². The Labute approximate surface area is 130 Å². The van der Waals surface area contributed by atoms with Crippen molar-refractivity contribution in [2.45, 2.75) is 33.0 Å². The van der Waals surface area contributed by atoms with Gasteiger partial charge in [-0.15, -0.1) is 11.3 Å². The molecular weight excluding hydrogens is 282 g/mol. The van der Waals surface area contributed by atoms with Crippen molar-refractivity contribution in [3.63, 3.8) is 0 Å². The van der Waals surface area contributed by atoms with Crippen molar-refractivity contribution in [2.75, 3.05) is 13.7 Å². The van der Waals surface area contributed by atoms with Gasteiger partial charge in [0.1, 0.15) is 5.75 Å². The molecular formula is C17H23NO2S. The zero-order chi connectivity index (χ0) is 15.2. The summed E-state index contributed by atoms with van der Waals surface area (Å²) in [4.78, 5) is 3.65. The van der Waals surface area contributed by atoms with Crippen LogP contribution in [0.4, 0.5) is 0 Å². The molecule has 0 saturated carbocycles. The van der Waals surface area contributed by atoms with Gasteiger partial charge in [-0.3, -0.25) is 4.90 Å². The fourth-order valence-corrected chi connectivity index (χ4v) is 3.26. The van der Waals surface area contributed by atoms with Gasteiger partial charge in [-0.05, 0) is 48.6 Å². The number of aryl methyl sites for hydroxylation is 1. The Bertz CT molecular complexity index is 548. The number of hydrogen-bond acceptors (Lipinski definition) is 4. The van der Waals surface area contributed by atoms with E-state index in [1.807, 2.05) is 19.1 Å². The monoisotopic (exact) mass is 305 g/mol. The van der Waals surface area contributed by atoms with Crippen molar-refractivity contribution in [1.29, 1.82) is 0 Å². The van der Waals surface area contributed by atoms with Crippen LogP contribution in [0.5, 0.6) is 5.75 Å². The zero-order valence-corrected chi connectivity index (χ0v) is 13.7. The first kappa shape index (κ1) is 16.0. The largest absolute Gasteiger partial charge is 0.497 e. The molecule has 3 nitrogen and oxygen atoms in total. The summed E-state index contributed by atoms with van der Waals surface area (Å²) < 4.78 is 5.19. The second-order valence-corrected chi connectivity index (χ2v) is 6.39. The number of benzene rings is 1. The van der Waals surface area contributed by atoms with E-state index in [-0.39, 0.29) is 6.10 Å². The Morgan fingerprint density at radius 3 is 2.43 bits per heavy atom. The predicted octanol–water partition coefficient (Wildman–Crippen LogP) is 3.45. The Kier molecular flexibility index (Phi) is 5.79. The normalized spacial score (nSPS) is 12.6. The summed E-state index contributed by atoms with van der Waals surface area (Å²) in [5.74, 6) is 0.870. The van der Waals surface area contributed by atoms with Crippen molar-refractivity contribution in [3.05, 3.63) is 51.7 Å². The highest BCUT2D eigenvalue weighted by atomic mass is 32.1. The van der Waals surface area contributed by atoms with Gasteiger partial charge in [-0.25, -0.2) is 0 Å². The summed E-state index contributed by atoms with van der Waals surface area (Å²) >= 11 is 1.78. The molecule has 0 aliphatic heterocycles. The summed E-state index contributed by atoms with van der Waals surface area (Å²) in [6, 6.07) is 10.3. The Morgan fingerprint density at radius 1 is 1.19 bits per heavy atom. The van der Waals surface area contributed by atoms with Crippen LogP contribution < -0.4 is 4.74 Å². The van der Waals surface area contributed by atoms with E-state index in [0.717, 1.165) is 18.8 Å². The summed E-state index contributed by atoms with van der Waals surface area (Å²) in [6.45, 7) is 6.35. The fraction of sp³-hybridized carbons (Fsp3) is 0.412. The molecule has 0 amide bonds. The van der Waals surface area contributed by atoms with Crippen molar-refractivity contribution < 1.29 is 9.84 Å². The molecule has 0 saturated heterocycles. The minimum absolute atomic E-state index is 0.330. The first-order chi connectivity index (χ1) is 10.1. The van der Waals surface area contributed by atoms with Gasteiger partial charge in [0.15, 0.2) is 0 Å². The number of nitrogens with zero attached hydrogens (tertiary/aromatic N) is 1. The molecule has 1 N–H and O–H groups in total. The molecule has 0 radical (unpaired) electrons. The Balaban J connectivity index is 2.06. The summed E-state index contributed by atoms with van der Waals surface area (Å²) in [5.41, 5.74) is 2.55. The Hall–Kier alpha value is -1.36. The molecule has 1 aromatic carbocycles. The lowest BCUT2D eigenvalue weighted by Gasteiger charge is -2.23. The second-order valence-electron chi connectivity index (χ2n) is 5.39. The van der Waals surface area contributed by atoms with Crippen LogP contribution in [0.15, 0.2) is 35.7 Å². The SMILES string of the molecule is COc1ccc(CN(Cc2sccc2C)CC(C)O)cc1. The molecule has 0 fully saturated rings. The molecule has 1 aromatic heterocycles. The van der Waals surface area contributed by atoms with Gasteiger partial charge >= 0.3 is 0 Å². The lowest BCUT2D eigenvalue weighted by Crippen LogP contribution is -2.30. The Morgan fingerprint density at radius 2 is 1.90 bits per heavy atom. The molecule has 2 aromatic rings. The molecule has 0 bridgehead atoms. The third kappa shape index (κ3) is 4.84. The van der Waals surface area contributed by atoms with Crippen LogP contribution in [0, 0.1) is 6.92 Å². The van der Waals surface area contributed by atoms with Gasteiger partial charge in [0.2, 0.25) is 0 Å². The highest BCUT2D eigenvalue weighted by Gasteiger charge is 2.12. The average molecular weight is 305 g/mol. The molecule has 1 atom stereocenters. The van der Waals surface area contributed by atoms with Crippen LogP contribution in [-0.4, -0.2) is 29.8 Å². The van der Waals surface area contributed by atoms with Crippen LogP contribution in [0.25, 0.3) is 0 Å². The van der Waals surface area contributed by atoms with E-state index in [1.165, 1.54) is 16.0 Å². The molecule has 0 spiro atoms. The zero-order valence-electron chi connectivity index (χ0n) is 12.9. The molecule has 114 valence electrons. The van der Waals surface area contributed by atoms with E-state index >= 15 is 0 Å². The molecule has 1 heterocycles. The van der Waals surface area contributed by atoms with Gasteiger partial charge in [0, 0.05) is 24.5 Å². The molecule has 1 unspecified atom stereocenters. The highest BCUT2D eigenvalue weighted by molar-refractivity contribution is 7.10. The summed E-state index contributed by atoms with van der Waals surface area (Å²) in [7, 11) is 1.67. The maximum absolute atomic E-state index is 9.72. The number of thiophene rings is 1. The number of ether oxygens (including phenoxy) is 1. The van der Waals surface area contributed by atoms with Gasteiger partial charge in [-0.1, -0.05) is 12.1 Å². The first-order valence-electron chi connectivity index (χ1n) is 7.15. The first-order valence-corrected chi connectivity index (χ1v) is 8.02. The minimum atomic E-state index is -0.330. The topological polar surface area (TPSA) is 32.7 Å². The van der Waals surface area contributed by atoms with Crippen molar-refractivity contribution in [2.24, 2.45) is 0 Å². The van der Waals surface area contributed by atoms with E-state index in [0.29, 0.717) is 6.54 Å². The van der Waals surface area contributed by atoms with Crippen LogP contribution in [0.1, 0.15) is 22.9 Å². The van der Waals surface area contributed by atoms with Crippen LogP contribution in [0.2, 0.25) is 0 Å². The van der Waals surface area contributed by atoms with Crippen LogP contribution >= 0.6 is 11.3 Å². The molecule has 2 rings (SSSR count). The molecule has 0 aliphatic carbocycles. The van der Waals surface area contributed by atoms with Gasteiger partial charge < -0.3 is 9.84 Å². The third-order valence-corrected chi connectivity index (χ3v) is 4.43. The quantitative estimate of drug-likeness (QED) is 0.850. The van der Waals surface area contributed by atoms with E-state index in [9.17, 15) is 5.11 Å². The lowest BCUT2D eigenvalue weighted by molar-refractivity contribution is 0.118. The maximum Gasteiger partial charge on any atom is 0.118 e. The van der Waals surface area contributed by atoms with Crippen LogP contribution in [-0.2, 0) is 13.1 Å². The van der Waals surface area contributed by atoms with Gasteiger partial charge in [0.25, 0.3) is 0 Å². The summed E-state index contributed by atoms with van der Waals surface area (Å²) in [6.07, 6.45) is -0.330. The fourth-order valence-electron chi connectivity index (χ4n) is 2.32. The van der Waals surface area contributed by atoms with Crippen molar-refractivity contribution in [1.82, 2.24) is 4.90 Å². The smallest absolute Gasteiger partial charge is 0.118 e. The second kappa shape index (κ2) is 7.59. The predicted molar refractivity (Wildman–Crippen MR) is 87.8 cm³/mol. The van der Waals surface area contributed by atoms with E-state index in [2.05, 4.69) is 35.4 Å². The number of methoxy groups -OCH3 is 1. The number of rotatable bonds is 7. The third-order valence-electron chi connectivity index (χ3n) is 3.42. The molecule has 4 heteroatoms. The maximum atomic E-state index is 9.72. The van der Waals surface area contributed by atoms with E-state index < -0.39 is 0 Å². The molecule has 0 aliphatic rings.